The molecule has 0 bridgehead atoms. The average molecular weight is 288 g/mol. The largest absolute Gasteiger partial charge is 0.392 e. The SMILES string of the molecule is CN1CCN(c2ccccc2CO)C(c2cccs2)C1. The van der Waals surface area contributed by atoms with Gasteiger partial charge in [-0.25, -0.2) is 0 Å². The van der Waals surface area contributed by atoms with Crippen LogP contribution in [0.15, 0.2) is 41.8 Å². The van der Waals surface area contributed by atoms with Gasteiger partial charge in [0.25, 0.3) is 0 Å². The Morgan fingerprint density at radius 3 is 2.80 bits per heavy atom. The molecule has 1 atom stereocenters. The van der Waals surface area contributed by atoms with Crippen molar-refractivity contribution in [2.45, 2.75) is 12.6 Å². The van der Waals surface area contributed by atoms with Crippen molar-refractivity contribution >= 4 is 17.0 Å². The molecule has 106 valence electrons. The van der Waals surface area contributed by atoms with Gasteiger partial charge in [-0.3, -0.25) is 0 Å². The number of aliphatic hydroxyl groups excluding tert-OH is 1. The smallest absolute Gasteiger partial charge is 0.0762 e. The van der Waals surface area contributed by atoms with E-state index in [1.165, 1.54) is 10.6 Å². The summed E-state index contributed by atoms with van der Waals surface area (Å²) in [5, 5.41) is 11.7. The van der Waals surface area contributed by atoms with Crippen molar-refractivity contribution in [3.8, 4) is 0 Å². The van der Waals surface area contributed by atoms with E-state index in [0.717, 1.165) is 25.2 Å². The van der Waals surface area contributed by atoms with Gasteiger partial charge in [0.05, 0.1) is 12.6 Å². The van der Waals surface area contributed by atoms with Crippen LogP contribution in [0.25, 0.3) is 0 Å². The Hall–Kier alpha value is -1.36. The highest BCUT2D eigenvalue weighted by Gasteiger charge is 2.28. The number of para-hydroxylation sites is 1. The summed E-state index contributed by atoms with van der Waals surface area (Å²) in [6.45, 7) is 3.18. The van der Waals surface area contributed by atoms with Gasteiger partial charge >= 0.3 is 0 Å². The molecule has 20 heavy (non-hydrogen) atoms. The molecule has 0 spiro atoms. The van der Waals surface area contributed by atoms with Crippen molar-refractivity contribution in [3.05, 3.63) is 52.2 Å². The molecule has 3 nitrogen and oxygen atoms in total. The molecule has 1 aliphatic heterocycles. The molecule has 2 aromatic rings. The highest BCUT2D eigenvalue weighted by atomic mass is 32.1. The average Bonchev–Trinajstić information content (AvgIpc) is 3.01. The van der Waals surface area contributed by atoms with E-state index in [0.29, 0.717) is 6.04 Å². The van der Waals surface area contributed by atoms with Gasteiger partial charge in [0.2, 0.25) is 0 Å². The molecule has 0 aliphatic carbocycles. The lowest BCUT2D eigenvalue weighted by atomic mass is 10.1. The Bertz CT molecular complexity index is 555. The van der Waals surface area contributed by atoms with Crippen LogP contribution in [-0.2, 0) is 6.61 Å². The Labute approximate surface area is 124 Å². The van der Waals surface area contributed by atoms with E-state index in [-0.39, 0.29) is 6.61 Å². The monoisotopic (exact) mass is 288 g/mol. The number of nitrogens with zero attached hydrogens (tertiary/aromatic N) is 2. The lowest BCUT2D eigenvalue weighted by molar-refractivity contribution is 0.265. The third kappa shape index (κ3) is 2.59. The van der Waals surface area contributed by atoms with Gasteiger partial charge in [-0.1, -0.05) is 24.3 Å². The summed E-state index contributed by atoms with van der Waals surface area (Å²) < 4.78 is 0. The minimum atomic E-state index is 0.0969. The number of hydrogen-bond acceptors (Lipinski definition) is 4. The molecule has 1 aliphatic rings. The fourth-order valence-electron chi connectivity index (χ4n) is 2.86. The third-order valence-corrected chi connectivity index (χ3v) is 4.90. The second-order valence-electron chi connectivity index (χ2n) is 5.27. The molecule has 0 amide bonds. The summed E-state index contributed by atoms with van der Waals surface area (Å²) in [7, 11) is 2.18. The van der Waals surface area contributed by atoms with E-state index < -0.39 is 0 Å². The molecule has 0 radical (unpaired) electrons. The maximum Gasteiger partial charge on any atom is 0.0762 e. The first-order valence-corrected chi connectivity index (χ1v) is 7.85. The summed E-state index contributed by atoms with van der Waals surface area (Å²) in [6, 6.07) is 12.9. The molecule has 1 aromatic heterocycles. The van der Waals surface area contributed by atoms with E-state index in [2.05, 4.69) is 46.5 Å². The maximum atomic E-state index is 9.58. The normalized spacial score (nSPS) is 20.3. The Morgan fingerprint density at radius 2 is 2.05 bits per heavy atom. The van der Waals surface area contributed by atoms with Crippen LogP contribution in [0.5, 0.6) is 0 Å². The van der Waals surface area contributed by atoms with Gasteiger partial charge in [-0.15, -0.1) is 11.3 Å². The minimum Gasteiger partial charge on any atom is -0.392 e. The number of hydrogen-bond donors (Lipinski definition) is 1. The molecule has 1 fully saturated rings. The standard InChI is InChI=1S/C16H20N2OS/c1-17-8-9-18(14-6-3-2-5-13(14)12-19)15(11-17)16-7-4-10-20-16/h2-7,10,15,19H,8-9,11-12H2,1H3. The Morgan fingerprint density at radius 1 is 1.20 bits per heavy atom. The molecule has 1 N–H and O–H groups in total. The van der Waals surface area contributed by atoms with Crippen molar-refractivity contribution in [1.82, 2.24) is 4.90 Å². The zero-order valence-corrected chi connectivity index (χ0v) is 12.5. The van der Waals surface area contributed by atoms with Gasteiger partial charge in [0.15, 0.2) is 0 Å². The Kier molecular flexibility index (Phi) is 4.05. The predicted octanol–water partition coefficient (Wildman–Crippen LogP) is 2.73. The van der Waals surface area contributed by atoms with E-state index in [4.69, 9.17) is 0 Å². The van der Waals surface area contributed by atoms with Crippen LogP contribution in [0.1, 0.15) is 16.5 Å². The number of anilines is 1. The van der Waals surface area contributed by atoms with Crippen molar-refractivity contribution in [2.24, 2.45) is 0 Å². The molecular weight excluding hydrogens is 268 g/mol. The fourth-order valence-corrected chi connectivity index (χ4v) is 3.69. The van der Waals surface area contributed by atoms with Crippen molar-refractivity contribution in [1.29, 1.82) is 0 Å². The topological polar surface area (TPSA) is 26.7 Å². The van der Waals surface area contributed by atoms with Crippen molar-refractivity contribution in [2.75, 3.05) is 31.6 Å². The van der Waals surface area contributed by atoms with E-state index in [1.54, 1.807) is 0 Å². The molecule has 1 unspecified atom stereocenters. The lowest BCUT2D eigenvalue weighted by Crippen LogP contribution is -2.47. The number of rotatable bonds is 3. The second kappa shape index (κ2) is 5.95. The predicted molar refractivity (Wildman–Crippen MR) is 84.3 cm³/mol. The van der Waals surface area contributed by atoms with E-state index >= 15 is 0 Å². The number of likely N-dealkylation sites (N-methyl/N-ethyl adjacent to an activating group) is 1. The number of thiophene rings is 1. The number of benzene rings is 1. The van der Waals surface area contributed by atoms with Crippen molar-refractivity contribution in [3.63, 3.8) is 0 Å². The van der Waals surface area contributed by atoms with Crippen LogP contribution in [-0.4, -0.2) is 36.7 Å². The summed E-state index contributed by atoms with van der Waals surface area (Å²) in [5.41, 5.74) is 2.18. The van der Waals surface area contributed by atoms with Crippen LogP contribution < -0.4 is 4.90 Å². The summed E-state index contributed by atoms with van der Waals surface area (Å²) in [5.74, 6) is 0. The third-order valence-electron chi connectivity index (χ3n) is 3.93. The van der Waals surface area contributed by atoms with Gasteiger partial charge in [0.1, 0.15) is 0 Å². The van der Waals surface area contributed by atoms with E-state index in [9.17, 15) is 5.11 Å². The number of aliphatic hydroxyl groups is 1. The molecule has 0 saturated carbocycles. The summed E-state index contributed by atoms with van der Waals surface area (Å²) in [6.07, 6.45) is 0. The molecule has 3 rings (SSSR count). The van der Waals surface area contributed by atoms with Gasteiger partial charge in [-0.2, -0.15) is 0 Å². The molecule has 4 heteroatoms. The Balaban J connectivity index is 1.97. The van der Waals surface area contributed by atoms with Crippen LogP contribution in [0.2, 0.25) is 0 Å². The molecular formula is C16H20N2OS. The molecule has 2 heterocycles. The second-order valence-corrected chi connectivity index (χ2v) is 6.25. The van der Waals surface area contributed by atoms with Crippen molar-refractivity contribution < 1.29 is 5.11 Å². The van der Waals surface area contributed by atoms with E-state index in [1.807, 2.05) is 23.5 Å². The van der Waals surface area contributed by atoms with Gasteiger partial charge in [-0.05, 0) is 24.6 Å². The zero-order valence-electron chi connectivity index (χ0n) is 11.7. The van der Waals surface area contributed by atoms with Gasteiger partial charge < -0.3 is 14.9 Å². The molecule has 1 aromatic carbocycles. The highest BCUT2D eigenvalue weighted by molar-refractivity contribution is 7.10. The number of piperazine rings is 1. The first-order chi connectivity index (χ1) is 9.79. The zero-order chi connectivity index (χ0) is 13.9. The fraction of sp³-hybridized carbons (Fsp3) is 0.375. The summed E-state index contributed by atoms with van der Waals surface area (Å²) >= 11 is 1.81. The van der Waals surface area contributed by atoms with Crippen LogP contribution >= 0.6 is 11.3 Å². The first-order valence-electron chi connectivity index (χ1n) is 6.97. The highest BCUT2D eigenvalue weighted by Crippen LogP contribution is 2.34. The van der Waals surface area contributed by atoms with Crippen LogP contribution in [0.3, 0.4) is 0 Å². The minimum absolute atomic E-state index is 0.0969. The van der Waals surface area contributed by atoms with Gasteiger partial charge in [0, 0.05) is 35.8 Å². The quantitative estimate of drug-likeness (QED) is 0.941. The van der Waals surface area contributed by atoms with Crippen LogP contribution in [0, 0.1) is 0 Å². The summed E-state index contributed by atoms with van der Waals surface area (Å²) in [4.78, 5) is 6.21. The molecule has 1 saturated heterocycles. The lowest BCUT2D eigenvalue weighted by Gasteiger charge is -2.42. The maximum absolute atomic E-state index is 9.58. The first kappa shape index (κ1) is 13.6. The van der Waals surface area contributed by atoms with Crippen LogP contribution in [0.4, 0.5) is 5.69 Å².